The molecule has 2 heterocycles. The van der Waals surface area contributed by atoms with Crippen LogP contribution in [-0.2, 0) is 6.42 Å². The van der Waals surface area contributed by atoms with Crippen LogP contribution in [0.25, 0.3) is 0 Å². The number of carbonyl (C=O) groups excluding carboxylic acids is 1. The molecule has 0 N–H and O–H groups in total. The first kappa shape index (κ1) is 15.5. The third-order valence-corrected chi connectivity index (χ3v) is 3.99. The second-order valence-corrected chi connectivity index (χ2v) is 5.73. The molecule has 0 spiro atoms. The van der Waals surface area contributed by atoms with Crippen LogP contribution in [0, 0.1) is 0 Å². The summed E-state index contributed by atoms with van der Waals surface area (Å²) in [6.07, 6.45) is 5.77. The molecule has 1 atom stereocenters. The maximum atomic E-state index is 12.7. The van der Waals surface area contributed by atoms with Gasteiger partial charge < -0.3 is 9.64 Å². The Labute approximate surface area is 136 Å². The number of benzene rings is 1. The summed E-state index contributed by atoms with van der Waals surface area (Å²) in [5, 5.41) is 0. The predicted molar refractivity (Wildman–Crippen MR) is 87.4 cm³/mol. The van der Waals surface area contributed by atoms with Gasteiger partial charge in [0.15, 0.2) is 0 Å². The van der Waals surface area contributed by atoms with Crippen molar-refractivity contribution in [3.8, 4) is 5.75 Å². The zero-order valence-electron chi connectivity index (χ0n) is 13.3. The Morgan fingerprint density at radius 3 is 2.96 bits per heavy atom. The van der Waals surface area contributed by atoms with Gasteiger partial charge in [-0.1, -0.05) is 31.5 Å². The second-order valence-electron chi connectivity index (χ2n) is 5.73. The Balaban J connectivity index is 1.66. The minimum Gasteiger partial charge on any atom is -0.489 e. The van der Waals surface area contributed by atoms with Gasteiger partial charge in [-0.3, -0.25) is 4.79 Å². The highest BCUT2D eigenvalue weighted by Gasteiger charge is 2.29. The lowest BCUT2D eigenvalue weighted by Crippen LogP contribution is -2.32. The third-order valence-electron chi connectivity index (χ3n) is 3.99. The Hall–Kier alpha value is -2.43. The van der Waals surface area contributed by atoms with E-state index >= 15 is 0 Å². The Bertz CT molecular complexity index is 660. The van der Waals surface area contributed by atoms with Crippen LogP contribution in [0.15, 0.2) is 42.9 Å². The molecular formula is C18H21N3O2. The Kier molecular flexibility index (Phi) is 4.86. The fourth-order valence-corrected chi connectivity index (χ4v) is 2.84. The molecule has 1 aliphatic heterocycles. The highest BCUT2D eigenvalue weighted by molar-refractivity contribution is 5.95. The molecule has 0 radical (unpaired) electrons. The summed E-state index contributed by atoms with van der Waals surface area (Å²) in [6.45, 7) is 3.39. The van der Waals surface area contributed by atoms with Gasteiger partial charge in [-0.15, -0.1) is 0 Å². The van der Waals surface area contributed by atoms with Crippen molar-refractivity contribution >= 4 is 5.91 Å². The first-order valence-corrected chi connectivity index (χ1v) is 8.07. The molecule has 120 valence electrons. The van der Waals surface area contributed by atoms with Crippen LogP contribution in [0.4, 0.5) is 0 Å². The van der Waals surface area contributed by atoms with Crippen molar-refractivity contribution in [3.05, 3.63) is 54.1 Å². The summed E-state index contributed by atoms with van der Waals surface area (Å²) in [7, 11) is 0. The van der Waals surface area contributed by atoms with E-state index < -0.39 is 0 Å². The standard InChI is InChI=1S/C18H21N3O2/c1-2-6-17-16(11-19-13-20-17)18(22)21-10-9-15(12-21)23-14-7-4-3-5-8-14/h3-5,7-8,11,13,15H,2,6,9-10,12H2,1H3/t15-/m0/s1. The van der Waals surface area contributed by atoms with Gasteiger partial charge in [-0.05, 0) is 18.6 Å². The van der Waals surface area contributed by atoms with Crippen LogP contribution in [0.5, 0.6) is 5.75 Å². The summed E-state index contributed by atoms with van der Waals surface area (Å²) in [6, 6.07) is 9.74. The number of hydrogen-bond donors (Lipinski definition) is 0. The maximum Gasteiger partial charge on any atom is 0.257 e. The molecule has 1 aliphatic rings. The maximum absolute atomic E-state index is 12.7. The molecule has 0 saturated carbocycles. The largest absolute Gasteiger partial charge is 0.489 e. The molecule has 1 aromatic heterocycles. The van der Waals surface area contributed by atoms with Crippen molar-refractivity contribution in [1.82, 2.24) is 14.9 Å². The monoisotopic (exact) mass is 311 g/mol. The van der Waals surface area contributed by atoms with Gasteiger partial charge in [-0.25, -0.2) is 9.97 Å². The van der Waals surface area contributed by atoms with Gasteiger partial charge in [-0.2, -0.15) is 0 Å². The average Bonchev–Trinajstić information content (AvgIpc) is 3.04. The average molecular weight is 311 g/mol. The van der Waals surface area contributed by atoms with E-state index in [1.54, 1.807) is 6.20 Å². The molecule has 0 unspecified atom stereocenters. The molecule has 5 nitrogen and oxygen atoms in total. The van der Waals surface area contributed by atoms with Crippen molar-refractivity contribution in [3.63, 3.8) is 0 Å². The first-order chi connectivity index (χ1) is 11.3. The SMILES string of the molecule is CCCc1ncncc1C(=O)N1CC[C@H](Oc2ccccc2)C1. The van der Waals surface area contributed by atoms with E-state index in [4.69, 9.17) is 4.74 Å². The fourth-order valence-electron chi connectivity index (χ4n) is 2.84. The third kappa shape index (κ3) is 3.67. The topological polar surface area (TPSA) is 55.3 Å². The molecule has 1 aromatic carbocycles. The van der Waals surface area contributed by atoms with Gasteiger partial charge in [0.1, 0.15) is 18.2 Å². The molecule has 1 amide bonds. The lowest BCUT2D eigenvalue weighted by atomic mass is 10.1. The fraction of sp³-hybridized carbons (Fsp3) is 0.389. The van der Waals surface area contributed by atoms with E-state index in [-0.39, 0.29) is 12.0 Å². The second kappa shape index (κ2) is 7.22. The van der Waals surface area contributed by atoms with Crippen LogP contribution in [0.2, 0.25) is 0 Å². The van der Waals surface area contributed by atoms with Crippen LogP contribution in [0.3, 0.4) is 0 Å². The summed E-state index contributed by atoms with van der Waals surface area (Å²) in [4.78, 5) is 22.8. The van der Waals surface area contributed by atoms with Crippen LogP contribution < -0.4 is 4.74 Å². The molecule has 0 bridgehead atoms. The van der Waals surface area contributed by atoms with E-state index in [2.05, 4.69) is 16.9 Å². The number of amides is 1. The van der Waals surface area contributed by atoms with E-state index in [1.165, 1.54) is 6.33 Å². The van der Waals surface area contributed by atoms with E-state index in [0.717, 1.165) is 30.7 Å². The molecule has 1 saturated heterocycles. The smallest absolute Gasteiger partial charge is 0.257 e. The number of aryl methyl sites for hydroxylation is 1. The summed E-state index contributed by atoms with van der Waals surface area (Å²) >= 11 is 0. The summed E-state index contributed by atoms with van der Waals surface area (Å²) in [5.74, 6) is 0.856. The van der Waals surface area contributed by atoms with Crippen LogP contribution >= 0.6 is 0 Å². The number of para-hydroxylation sites is 1. The number of aromatic nitrogens is 2. The molecule has 3 rings (SSSR count). The normalized spacial score (nSPS) is 17.3. The first-order valence-electron chi connectivity index (χ1n) is 8.07. The molecule has 0 aliphatic carbocycles. The number of likely N-dealkylation sites (tertiary alicyclic amines) is 1. The highest BCUT2D eigenvalue weighted by Crippen LogP contribution is 2.20. The van der Waals surface area contributed by atoms with E-state index in [1.807, 2.05) is 35.2 Å². The van der Waals surface area contributed by atoms with Crippen LogP contribution in [-0.4, -0.2) is 40.0 Å². The summed E-state index contributed by atoms with van der Waals surface area (Å²) in [5.41, 5.74) is 1.45. The minimum atomic E-state index is 0.00760. The number of rotatable bonds is 5. The molecule has 2 aromatic rings. The van der Waals surface area contributed by atoms with Gasteiger partial charge in [0, 0.05) is 19.2 Å². The van der Waals surface area contributed by atoms with E-state index in [0.29, 0.717) is 18.7 Å². The number of carbonyl (C=O) groups is 1. The predicted octanol–water partition coefficient (Wildman–Crippen LogP) is 2.72. The summed E-state index contributed by atoms with van der Waals surface area (Å²) < 4.78 is 5.94. The highest BCUT2D eigenvalue weighted by atomic mass is 16.5. The van der Waals surface area contributed by atoms with E-state index in [9.17, 15) is 4.79 Å². The molecule has 1 fully saturated rings. The Morgan fingerprint density at radius 1 is 1.35 bits per heavy atom. The molecular weight excluding hydrogens is 290 g/mol. The number of hydrogen-bond acceptors (Lipinski definition) is 4. The zero-order chi connectivity index (χ0) is 16.1. The van der Waals surface area contributed by atoms with Gasteiger partial charge in [0.2, 0.25) is 0 Å². The van der Waals surface area contributed by atoms with Crippen molar-refractivity contribution in [1.29, 1.82) is 0 Å². The number of nitrogens with zero attached hydrogens (tertiary/aromatic N) is 3. The van der Waals surface area contributed by atoms with Crippen molar-refractivity contribution < 1.29 is 9.53 Å². The Morgan fingerprint density at radius 2 is 2.17 bits per heavy atom. The lowest BCUT2D eigenvalue weighted by molar-refractivity contribution is 0.0770. The van der Waals surface area contributed by atoms with Crippen molar-refractivity contribution in [2.24, 2.45) is 0 Å². The van der Waals surface area contributed by atoms with Crippen LogP contribution in [0.1, 0.15) is 35.8 Å². The molecule has 5 heteroatoms. The van der Waals surface area contributed by atoms with Crippen molar-refractivity contribution in [2.75, 3.05) is 13.1 Å². The quantitative estimate of drug-likeness (QED) is 0.852. The zero-order valence-corrected chi connectivity index (χ0v) is 13.3. The number of ether oxygens (including phenoxy) is 1. The van der Waals surface area contributed by atoms with Gasteiger partial charge >= 0.3 is 0 Å². The van der Waals surface area contributed by atoms with Crippen molar-refractivity contribution in [2.45, 2.75) is 32.3 Å². The van der Waals surface area contributed by atoms with Gasteiger partial charge in [0.05, 0.1) is 17.8 Å². The molecule has 23 heavy (non-hydrogen) atoms. The lowest BCUT2D eigenvalue weighted by Gasteiger charge is -2.18. The van der Waals surface area contributed by atoms with Gasteiger partial charge in [0.25, 0.3) is 5.91 Å². The minimum absolute atomic E-state index is 0.00760.